The maximum atomic E-state index is 12.5. The Morgan fingerprint density at radius 3 is 2.35 bits per heavy atom. The van der Waals surface area contributed by atoms with Crippen molar-refractivity contribution < 1.29 is 31.6 Å². The molecule has 1 aromatic heterocycles. The van der Waals surface area contributed by atoms with E-state index in [0.29, 0.717) is 11.4 Å². The minimum absolute atomic E-state index is 0.147. The van der Waals surface area contributed by atoms with Gasteiger partial charge in [0, 0.05) is 37.9 Å². The van der Waals surface area contributed by atoms with E-state index >= 15 is 0 Å². The maximum Gasteiger partial charge on any atom is 0.262 e. The SMILES string of the molecule is CS(=O)(=O)N1CCN([C@@H](CN(c2ccc(OCc3ccnc(-c4ccccc4)c3)cc2)[SH](=O)=O)C(=O)NO)CC1. The highest BCUT2D eigenvalue weighted by molar-refractivity contribution is 7.88. The molecule has 0 aliphatic carbocycles. The fourth-order valence-corrected chi connectivity index (χ4v) is 5.86. The predicted octanol–water partition coefficient (Wildman–Crippen LogP) is 1.11. The van der Waals surface area contributed by atoms with Crippen molar-refractivity contribution in [2.24, 2.45) is 0 Å². The zero-order valence-corrected chi connectivity index (χ0v) is 23.5. The van der Waals surface area contributed by atoms with Gasteiger partial charge in [-0.15, -0.1) is 0 Å². The van der Waals surface area contributed by atoms with Crippen molar-refractivity contribution in [3.05, 3.63) is 78.5 Å². The van der Waals surface area contributed by atoms with Crippen LogP contribution in [0.3, 0.4) is 0 Å². The molecule has 1 aliphatic heterocycles. The number of hydroxylamine groups is 1. The van der Waals surface area contributed by atoms with Crippen molar-refractivity contribution in [3.63, 3.8) is 0 Å². The average Bonchev–Trinajstić information content (AvgIpc) is 2.97. The number of nitrogens with one attached hydrogen (secondary N) is 1. The van der Waals surface area contributed by atoms with Gasteiger partial charge in [-0.2, -0.15) is 4.31 Å². The normalized spacial score (nSPS) is 15.5. The molecule has 0 saturated carbocycles. The van der Waals surface area contributed by atoms with Crippen molar-refractivity contribution in [1.29, 1.82) is 0 Å². The molecule has 0 bridgehead atoms. The number of nitrogens with zero attached hydrogens (tertiary/aromatic N) is 4. The summed E-state index contributed by atoms with van der Waals surface area (Å²) in [7, 11) is -6.53. The van der Waals surface area contributed by atoms with E-state index in [9.17, 15) is 26.8 Å². The first-order valence-electron chi connectivity index (χ1n) is 12.4. The molecule has 2 N–H and O–H groups in total. The molecular formula is C26H31N5O7S2. The number of rotatable bonds is 11. The van der Waals surface area contributed by atoms with E-state index in [-0.39, 0.29) is 39.3 Å². The highest BCUT2D eigenvalue weighted by atomic mass is 32.2. The second-order valence-corrected chi connectivity index (χ2v) is 12.1. The second-order valence-electron chi connectivity index (χ2n) is 9.21. The number of hydrogen-bond donors (Lipinski definition) is 3. The third-order valence-electron chi connectivity index (χ3n) is 6.57. The smallest absolute Gasteiger partial charge is 0.262 e. The Morgan fingerprint density at radius 2 is 1.75 bits per heavy atom. The Labute approximate surface area is 234 Å². The highest BCUT2D eigenvalue weighted by Crippen LogP contribution is 2.23. The van der Waals surface area contributed by atoms with Gasteiger partial charge in [0.2, 0.25) is 20.9 Å². The van der Waals surface area contributed by atoms with E-state index in [4.69, 9.17) is 4.74 Å². The summed E-state index contributed by atoms with van der Waals surface area (Å²) in [4.78, 5) is 18.5. The molecule has 1 atom stereocenters. The minimum atomic E-state index is -3.39. The number of ether oxygens (including phenoxy) is 1. The van der Waals surface area contributed by atoms with Crippen LogP contribution in [0.4, 0.5) is 5.69 Å². The van der Waals surface area contributed by atoms with Crippen LogP contribution >= 0.6 is 0 Å². The van der Waals surface area contributed by atoms with Crippen LogP contribution in [0, 0.1) is 0 Å². The topological polar surface area (TPSA) is 149 Å². The van der Waals surface area contributed by atoms with Gasteiger partial charge in [0.1, 0.15) is 18.4 Å². The number of carbonyl (C=O) groups is 1. The number of thiol groups is 1. The molecule has 4 rings (SSSR count). The Morgan fingerprint density at radius 1 is 1.07 bits per heavy atom. The number of piperazine rings is 1. The van der Waals surface area contributed by atoms with Gasteiger partial charge < -0.3 is 4.74 Å². The Hall–Kier alpha value is -3.56. The van der Waals surface area contributed by atoms with Crippen LogP contribution < -0.4 is 14.5 Å². The standard InChI is InChI=1S/C26H31N5O7S2/c1-40(36,37)30-15-13-29(14-16-30)25(26(32)28-33)18-31(39(34)35)22-7-9-23(10-8-22)38-19-20-11-12-27-24(17-20)21-5-3-2-4-6-21/h2-12,17,25,33,39H,13-16,18-19H2,1H3,(H,28,32)/t25-/m0/s1. The van der Waals surface area contributed by atoms with Crippen molar-refractivity contribution >= 4 is 32.5 Å². The fourth-order valence-electron chi connectivity index (χ4n) is 4.43. The quantitative estimate of drug-likeness (QED) is 0.170. The summed E-state index contributed by atoms with van der Waals surface area (Å²) in [6.45, 7) is 0.690. The lowest BCUT2D eigenvalue weighted by Gasteiger charge is -2.38. The largest absolute Gasteiger partial charge is 0.489 e. The summed E-state index contributed by atoms with van der Waals surface area (Å²) < 4.78 is 56.2. The van der Waals surface area contributed by atoms with Gasteiger partial charge in [-0.1, -0.05) is 30.3 Å². The molecule has 2 heterocycles. The first kappa shape index (κ1) is 29.4. The van der Waals surface area contributed by atoms with Crippen LogP contribution in [0.2, 0.25) is 0 Å². The van der Waals surface area contributed by atoms with Gasteiger partial charge >= 0.3 is 0 Å². The molecule has 0 spiro atoms. The van der Waals surface area contributed by atoms with Crippen LogP contribution in [0.5, 0.6) is 5.75 Å². The first-order chi connectivity index (χ1) is 19.2. The Kier molecular flexibility index (Phi) is 9.71. The molecule has 3 aromatic rings. The molecule has 14 heteroatoms. The molecule has 1 saturated heterocycles. The van der Waals surface area contributed by atoms with Crippen LogP contribution in [0.1, 0.15) is 5.56 Å². The lowest BCUT2D eigenvalue weighted by atomic mass is 10.1. The first-order valence-corrected chi connectivity index (χ1v) is 15.4. The van der Waals surface area contributed by atoms with Crippen molar-refractivity contribution in [3.8, 4) is 17.0 Å². The van der Waals surface area contributed by atoms with Gasteiger partial charge in [0.05, 0.1) is 24.2 Å². The minimum Gasteiger partial charge on any atom is -0.489 e. The average molecular weight is 590 g/mol. The molecule has 2 aromatic carbocycles. The lowest BCUT2D eigenvalue weighted by molar-refractivity contribution is -0.134. The van der Waals surface area contributed by atoms with Crippen LogP contribution in [-0.2, 0) is 32.3 Å². The lowest BCUT2D eigenvalue weighted by Crippen LogP contribution is -2.58. The second kappa shape index (κ2) is 13.2. The number of amides is 1. The molecule has 1 amide bonds. The van der Waals surface area contributed by atoms with E-state index in [1.54, 1.807) is 40.8 Å². The van der Waals surface area contributed by atoms with Crippen molar-refractivity contribution in [2.45, 2.75) is 12.6 Å². The van der Waals surface area contributed by atoms with Crippen LogP contribution in [0.15, 0.2) is 72.9 Å². The van der Waals surface area contributed by atoms with E-state index in [2.05, 4.69) is 4.98 Å². The predicted molar refractivity (Wildman–Crippen MR) is 150 cm³/mol. The zero-order valence-electron chi connectivity index (χ0n) is 21.8. The summed E-state index contributed by atoms with van der Waals surface area (Å²) in [6, 6.07) is 18.9. The molecule has 1 fully saturated rings. The van der Waals surface area contributed by atoms with Gasteiger partial charge in [-0.3, -0.25) is 24.2 Å². The molecule has 0 unspecified atom stereocenters. The number of hydrogen-bond acceptors (Lipinski definition) is 9. The number of anilines is 1. The number of sulfonamides is 1. The molecule has 0 radical (unpaired) electrons. The van der Waals surface area contributed by atoms with E-state index < -0.39 is 32.9 Å². The van der Waals surface area contributed by atoms with Gasteiger partial charge in [-0.25, -0.2) is 22.3 Å². The number of carbonyl (C=O) groups excluding carboxylic acids is 1. The Bertz CT molecular complexity index is 1470. The van der Waals surface area contributed by atoms with E-state index in [0.717, 1.165) is 27.4 Å². The maximum absolute atomic E-state index is 12.5. The van der Waals surface area contributed by atoms with Crippen molar-refractivity contribution in [1.82, 2.24) is 19.7 Å². The van der Waals surface area contributed by atoms with Gasteiger partial charge in [-0.05, 0) is 42.0 Å². The summed E-state index contributed by atoms with van der Waals surface area (Å²) >= 11 is 0. The third-order valence-corrected chi connectivity index (χ3v) is 8.66. The molecular weight excluding hydrogens is 558 g/mol. The number of benzene rings is 2. The number of pyridine rings is 1. The van der Waals surface area contributed by atoms with Crippen LogP contribution in [0.25, 0.3) is 11.3 Å². The van der Waals surface area contributed by atoms with E-state index in [1.807, 2.05) is 42.5 Å². The summed E-state index contributed by atoms with van der Waals surface area (Å²) in [5.74, 6) is -0.272. The zero-order chi connectivity index (χ0) is 28.7. The molecule has 40 heavy (non-hydrogen) atoms. The van der Waals surface area contributed by atoms with Gasteiger partial charge in [0.15, 0.2) is 0 Å². The summed E-state index contributed by atoms with van der Waals surface area (Å²) in [5, 5.41) is 9.29. The summed E-state index contributed by atoms with van der Waals surface area (Å²) in [5.41, 5.74) is 4.63. The Balaban J connectivity index is 1.42. The fraction of sp³-hybridized carbons (Fsp3) is 0.308. The third kappa shape index (κ3) is 7.55. The van der Waals surface area contributed by atoms with Crippen molar-refractivity contribution in [2.75, 3.05) is 43.3 Å². The highest BCUT2D eigenvalue weighted by Gasteiger charge is 2.33. The van der Waals surface area contributed by atoms with Gasteiger partial charge in [0.25, 0.3) is 5.91 Å². The molecule has 1 aliphatic rings. The molecule has 214 valence electrons. The number of aromatic nitrogens is 1. The van der Waals surface area contributed by atoms with Crippen LogP contribution in [-0.4, -0.2) is 87.2 Å². The monoisotopic (exact) mass is 589 g/mol. The molecule has 12 nitrogen and oxygen atoms in total. The van der Waals surface area contributed by atoms with E-state index in [1.165, 1.54) is 4.31 Å². The summed E-state index contributed by atoms with van der Waals surface area (Å²) in [6.07, 6.45) is 2.82.